The summed E-state index contributed by atoms with van der Waals surface area (Å²) in [4.78, 5) is 8.16. The van der Waals surface area contributed by atoms with E-state index in [1.165, 1.54) is 124 Å². The standard InChI is InChI=1S/C62H64BN3S/c1-58(2,3)39-20-18-21-42(34-39)64-51-35-40(59(4,5)6)28-30-47(51)63-48-31-29-41(60(7,8)9)36-52(48)65(50-26-19-23-45-44-22-12-15-27-55(44)67-57(45)50)54-38-43(37-53(64)56(54)63)66-49-25-14-13-24-46(49)61(10)32-16-17-33-62(61,66)11/h12-15,18-31,34-38H,16-17,32-33H2,1-11H3. The third kappa shape index (κ3) is 6.15. The van der Waals surface area contributed by atoms with Crippen LogP contribution < -0.4 is 31.1 Å². The van der Waals surface area contributed by atoms with Gasteiger partial charge < -0.3 is 14.7 Å². The molecule has 0 amide bonds. The monoisotopic (exact) mass is 893 g/mol. The summed E-state index contributed by atoms with van der Waals surface area (Å²) in [5, 5.41) is 2.64. The van der Waals surface area contributed by atoms with Gasteiger partial charge in [-0.3, -0.25) is 0 Å². The van der Waals surface area contributed by atoms with Crippen LogP contribution in [-0.2, 0) is 21.7 Å². The number of hydrogen-bond acceptors (Lipinski definition) is 4. The second-order valence-electron chi connectivity index (χ2n) is 23.8. The number of hydrogen-bond donors (Lipinski definition) is 0. The van der Waals surface area contributed by atoms with Crippen molar-refractivity contribution in [1.82, 2.24) is 0 Å². The van der Waals surface area contributed by atoms with E-state index in [9.17, 15) is 0 Å². The van der Waals surface area contributed by atoms with Gasteiger partial charge in [0.05, 0.1) is 15.9 Å². The Kier molecular flexibility index (Phi) is 9.13. The van der Waals surface area contributed by atoms with Crippen molar-refractivity contribution in [2.45, 2.75) is 129 Å². The van der Waals surface area contributed by atoms with Gasteiger partial charge in [-0.05, 0) is 129 Å². The molecule has 67 heavy (non-hydrogen) atoms. The third-order valence-corrected chi connectivity index (χ3v) is 17.9. The van der Waals surface area contributed by atoms with E-state index in [-0.39, 0.29) is 33.9 Å². The zero-order chi connectivity index (χ0) is 46.6. The lowest BCUT2D eigenvalue weighted by Gasteiger charge is -2.51. The normalized spacial score (nSPS) is 19.9. The van der Waals surface area contributed by atoms with Crippen LogP contribution in [0.15, 0.2) is 140 Å². The van der Waals surface area contributed by atoms with Crippen molar-refractivity contribution >= 4 is 100 Å². The third-order valence-electron chi connectivity index (χ3n) is 16.7. The molecular weight excluding hydrogens is 830 g/mol. The van der Waals surface area contributed by atoms with E-state index in [2.05, 4.69) is 230 Å². The molecule has 3 nitrogen and oxygen atoms in total. The minimum absolute atomic E-state index is 0.0169. The summed E-state index contributed by atoms with van der Waals surface area (Å²) in [5.41, 5.74) is 19.6. The zero-order valence-electron chi connectivity index (χ0n) is 41.4. The fraction of sp³-hybridized carbons (Fsp3) is 0.323. The van der Waals surface area contributed by atoms with Crippen LogP contribution >= 0.6 is 11.3 Å². The highest BCUT2D eigenvalue weighted by Gasteiger charge is 2.58. The van der Waals surface area contributed by atoms with Crippen LogP contribution in [-0.4, -0.2) is 12.3 Å². The van der Waals surface area contributed by atoms with Crippen molar-refractivity contribution in [1.29, 1.82) is 0 Å². The van der Waals surface area contributed by atoms with Gasteiger partial charge in [-0.15, -0.1) is 11.3 Å². The molecule has 1 aromatic heterocycles. The predicted octanol–water partition coefficient (Wildman–Crippen LogP) is 15.8. The van der Waals surface area contributed by atoms with Crippen molar-refractivity contribution in [3.8, 4) is 0 Å². The molecule has 0 radical (unpaired) electrons. The lowest BCUT2D eigenvalue weighted by Crippen LogP contribution is -2.61. The summed E-state index contributed by atoms with van der Waals surface area (Å²) in [6.07, 6.45) is 4.82. The molecule has 7 aromatic carbocycles. The maximum Gasteiger partial charge on any atom is 0.252 e. The molecule has 2 unspecified atom stereocenters. The van der Waals surface area contributed by atoms with Crippen molar-refractivity contribution in [2.75, 3.05) is 14.7 Å². The molecular formula is C62H64BN3S. The number of rotatable bonds is 3. The second-order valence-corrected chi connectivity index (χ2v) is 24.8. The molecule has 0 bridgehead atoms. The summed E-state index contributed by atoms with van der Waals surface area (Å²) >= 11 is 1.93. The summed E-state index contributed by atoms with van der Waals surface area (Å²) in [6.45, 7) is 26.3. The van der Waals surface area contributed by atoms with Crippen LogP contribution in [0.5, 0.6) is 0 Å². The lowest BCUT2D eigenvalue weighted by molar-refractivity contribution is 0.195. The van der Waals surface area contributed by atoms with Crippen LogP contribution in [0.1, 0.15) is 124 Å². The van der Waals surface area contributed by atoms with Gasteiger partial charge in [0, 0.05) is 60.7 Å². The van der Waals surface area contributed by atoms with E-state index in [0.717, 1.165) is 6.42 Å². The first kappa shape index (κ1) is 42.6. The van der Waals surface area contributed by atoms with E-state index in [4.69, 9.17) is 0 Å². The van der Waals surface area contributed by atoms with Crippen LogP contribution in [0, 0.1) is 0 Å². The Labute approximate surface area is 403 Å². The summed E-state index contributed by atoms with van der Waals surface area (Å²) < 4.78 is 2.65. The number of benzene rings is 7. The highest BCUT2D eigenvalue weighted by atomic mass is 32.1. The first-order chi connectivity index (χ1) is 31.9. The quantitative estimate of drug-likeness (QED) is 0.164. The Morgan fingerprint density at radius 1 is 0.478 bits per heavy atom. The van der Waals surface area contributed by atoms with E-state index in [0.29, 0.717) is 0 Å². The fourth-order valence-electron chi connectivity index (χ4n) is 12.7. The molecule has 3 aliphatic heterocycles. The molecule has 0 saturated heterocycles. The number of fused-ring (bicyclic) bond motifs is 10. The Balaban J connectivity index is 1.24. The molecule has 4 aliphatic rings. The van der Waals surface area contributed by atoms with Gasteiger partial charge in [-0.25, -0.2) is 0 Å². The Bertz CT molecular complexity index is 3340. The zero-order valence-corrected chi connectivity index (χ0v) is 42.3. The molecule has 0 N–H and O–H groups in total. The molecule has 0 spiro atoms. The molecule has 336 valence electrons. The first-order valence-electron chi connectivity index (χ1n) is 24.8. The van der Waals surface area contributed by atoms with Gasteiger partial charge in [-0.2, -0.15) is 0 Å². The summed E-state index contributed by atoms with van der Waals surface area (Å²) in [6, 6.07) is 54.9. The molecule has 1 fully saturated rings. The summed E-state index contributed by atoms with van der Waals surface area (Å²) in [7, 11) is 0. The maximum atomic E-state index is 2.80. The lowest BCUT2D eigenvalue weighted by atomic mass is 9.33. The van der Waals surface area contributed by atoms with Gasteiger partial charge in [0.2, 0.25) is 0 Å². The maximum absolute atomic E-state index is 2.80. The van der Waals surface area contributed by atoms with Crippen molar-refractivity contribution in [2.24, 2.45) is 0 Å². The highest BCUT2D eigenvalue weighted by Crippen LogP contribution is 2.62. The van der Waals surface area contributed by atoms with E-state index in [1.54, 1.807) is 0 Å². The average Bonchev–Trinajstić information content (AvgIpc) is 3.78. The molecule has 5 heteroatoms. The number of nitrogens with zero attached hydrogens (tertiary/aromatic N) is 3. The van der Waals surface area contributed by atoms with Crippen molar-refractivity contribution < 1.29 is 0 Å². The van der Waals surface area contributed by atoms with E-state index < -0.39 is 0 Å². The minimum Gasteiger partial charge on any atom is -0.334 e. The van der Waals surface area contributed by atoms with E-state index in [1.807, 2.05) is 11.3 Å². The van der Waals surface area contributed by atoms with Gasteiger partial charge in [0.15, 0.2) is 0 Å². The molecule has 12 rings (SSSR count). The van der Waals surface area contributed by atoms with Crippen LogP contribution in [0.25, 0.3) is 20.2 Å². The SMILES string of the molecule is CC(C)(C)c1cccc(N2c3cc(C(C)(C)C)ccc3B3c4ccc(C(C)(C)C)cc4N(c4cccc5c4sc4ccccc45)c4cc(N5c6ccccc6C6(C)CCCCC56C)cc2c43)c1. The highest BCUT2D eigenvalue weighted by molar-refractivity contribution is 7.26. The molecule has 1 aliphatic carbocycles. The van der Waals surface area contributed by atoms with Crippen molar-refractivity contribution in [3.05, 3.63) is 162 Å². The average molecular weight is 894 g/mol. The first-order valence-corrected chi connectivity index (χ1v) is 25.7. The number of thiophene rings is 1. The Hall–Kier alpha value is -5.78. The number of anilines is 8. The van der Waals surface area contributed by atoms with Gasteiger partial charge in [-0.1, -0.05) is 167 Å². The van der Waals surface area contributed by atoms with Crippen LogP contribution in [0.2, 0.25) is 0 Å². The van der Waals surface area contributed by atoms with E-state index >= 15 is 0 Å². The minimum atomic E-state index is -0.111. The largest absolute Gasteiger partial charge is 0.334 e. The van der Waals surface area contributed by atoms with Crippen LogP contribution in [0.4, 0.5) is 45.5 Å². The Morgan fingerprint density at radius 3 is 1.75 bits per heavy atom. The number of para-hydroxylation sites is 1. The molecule has 8 aromatic rings. The predicted molar refractivity (Wildman–Crippen MR) is 292 cm³/mol. The fourth-order valence-corrected chi connectivity index (χ4v) is 13.9. The Morgan fingerprint density at radius 2 is 1.04 bits per heavy atom. The topological polar surface area (TPSA) is 9.72 Å². The molecule has 2 atom stereocenters. The van der Waals surface area contributed by atoms with Gasteiger partial charge in [0.1, 0.15) is 0 Å². The second kappa shape index (κ2) is 14.4. The molecule has 1 saturated carbocycles. The summed E-state index contributed by atoms with van der Waals surface area (Å²) in [5.74, 6) is 0. The smallest absolute Gasteiger partial charge is 0.252 e. The van der Waals surface area contributed by atoms with Gasteiger partial charge >= 0.3 is 0 Å². The molecule has 4 heterocycles. The van der Waals surface area contributed by atoms with Crippen LogP contribution in [0.3, 0.4) is 0 Å². The van der Waals surface area contributed by atoms with Gasteiger partial charge in [0.25, 0.3) is 6.71 Å². The van der Waals surface area contributed by atoms with Crippen molar-refractivity contribution in [3.63, 3.8) is 0 Å².